The van der Waals surface area contributed by atoms with Crippen molar-refractivity contribution in [3.05, 3.63) is 128 Å². The van der Waals surface area contributed by atoms with Crippen LogP contribution in [0.4, 0.5) is 22.1 Å². The first-order valence-corrected chi connectivity index (χ1v) is 47.0. The summed E-state index contributed by atoms with van der Waals surface area (Å²) in [5, 5.41) is 121. The number of fused-ring (bicyclic) bond motifs is 6. The maximum Gasteiger partial charge on any atom is 0.426 e. The van der Waals surface area contributed by atoms with E-state index in [0.717, 1.165) is 43.9 Å². The monoisotopic (exact) mass is 1910 g/mol. The molecule has 45 heteroatoms. The molecule has 3 fully saturated rings. The van der Waals surface area contributed by atoms with Crippen LogP contribution in [0.15, 0.2) is 89.4 Å². The number of nitrogens with two attached hydrogens (primary N) is 2. The Balaban J connectivity index is 0.655. The van der Waals surface area contributed by atoms with Crippen LogP contribution >= 0.6 is 21.6 Å². The molecule has 2 saturated heterocycles. The summed E-state index contributed by atoms with van der Waals surface area (Å²) >= 11 is 0. The van der Waals surface area contributed by atoms with Crippen LogP contribution in [0.25, 0.3) is 16.7 Å². The quantitative estimate of drug-likeness (QED) is 0.00503. The minimum atomic E-state index is -2.73. The largest absolute Gasteiger partial charge is 0.496 e. The van der Waals surface area contributed by atoms with Crippen molar-refractivity contribution in [1.82, 2.24) is 61.9 Å². The van der Waals surface area contributed by atoms with Gasteiger partial charge in [-0.2, -0.15) is 4.98 Å². The van der Waals surface area contributed by atoms with Crippen molar-refractivity contribution in [3.63, 3.8) is 0 Å². The lowest BCUT2D eigenvalue weighted by Gasteiger charge is -2.63. The Morgan fingerprint density at radius 3 is 2.14 bits per heavy atom. The van der Waals surface area contributed by atoms with Gasteiger partial charge in [-0.15, -0.1) is 0 Å². The smallest absolute Gasteiger partial charge is 0.426 e. The predicted octanol–water partition coefficient (Wildman–Crippen LogP) is 1.86. The zero-order chi connectivity index (χ0) is 97.9. The van der Waals surface area contributed by atoms with Crippen LogP contribution in [-0.2, 0) is 86.0 Å². The predicted molar refractivity (Wildman–Crippen MR) is 489 cm³/mol. The number of nitrogen functional groups attached to an aromatic ring is 1. The number of aliphatic carboxylic acids is 5. The average molecular weight is 1920 g/mol. The standard InChI is InChI=1S/C90H115N17O26S2/c1-6-86(129)39-46-40-89(82(127)132-5,57-31-48-12-8-9-13-55(48)56(57)21-26-106(43-46)45-86)59-36-58-63(38-66(59)131-4)105(3)79-88(58)23-27-107-25-11-22-87(7-2,78(88)107)80(125)90(79,130)81(126)103-104-85(128)133-28-29-134-135-44-51(76(121)122)33-65(110)62(37-69(115)116)100-74(119)50(35-68(113)114)32-64(109)60(14-10-24-94-83(91)92)98-73(118)49(34-67(111)112)30-54(108)19-20-61(77(123)124)99-72(117)47-15-17-52(18-16-47)95-41-53-42-96-71-70(97-53)75(120)102-84(93)101-71/h8-9,11-13,15-18,22,36,38,42,46,49-51,54,60-62,78-80,95,108,125,129-130H,6-7,10,14,19-21,23-35,37,39-41,43-45H2,1-5H3,(H,98,118)(H,99,117)(H,100,119)(H,103,126)(H,104,128)(H,111,112)(H,113,114)(H,115,116)(H,121,122)(H,123,124)(H4,91,92,94)(H3,93,96,101,102,120)/t46-,49-,50+,51+,54+,60+,61-,62+,78+,79-,80-,86+,87-,88-,89-,90+/m1/s1. The Bertz CT molecular complexity index is 5540. The molecule has 1 spiro atoms. The van der Waals surface area contributed by atoms with E-state index in [0.29, 0.717) is 98.8 Å². The lowest BCUT2D eigenvalue weighted by Crippen LogP contribution is -2.82. The number of ether oxygens (including phenoxy) is 3. The number of aliphatic hydroxyl groups excluding tert-OH is 2. The molecule has 1 unspecified atom stereocenters. The molecule has 5 amide bonds. The van der Waals surface area contributed by atoms with E-state index in [4.69, 9.17) is 31.1 Å². The number of hydrazine groups is 1. The van der Waals surface area contributed by atoms with Crippen molar-refractivity contribution in [2.45, 2.75) is 194 Å². The third-order valence-electron chi connectivity index (χ3n) is 27.2. The summed E-state index contributed by atoms with van der Waals surface area (Å²) in [7, 11) is 6.47. The van der Waals surface area contributed by atoms with Gasteiger partial charge in [-0.05, 0) is 148 Å². The summed E-state index contributed by atoms with van der Waals surface area (Å²) < 4.78 is 17.9. The molecule has 5 aliphatic heterocycles. The molecular weight excluding hydrogens is 1800 g/mol. The van der Waals surface area contributed by atoms with Crippen LogP contribution in [0, 0.1) is 34.5 Å². The third-order valence-corrected chi connectivity index (χ3v) is 29.7. The van der Waals surface area contributed by atoms with Crippen LogP contribution in [0.1, 0.15) is 155 Å². The second-order valence-corrected chi connectivity index (χ2v) is 38.3. The fourth-order valence-corrected chi connectivity index (χ4v) is 23.2. The number of ketones is 2. The highest BCUT2D eigenvalue weighted by Gasteiger charge is 2.79. The van der Waals surface area contributed by atoms with Crippen LogP contribution in [-0.4, -0.2) is 291 Å². The number of amides is 5. The molecule has 17 atom stereocenters. The molecule has 7 heterocycles. The molecular formula is C90H115N17O26S2. The van der Waals surface area contributed by atoms with Crippen LogP contribution in [0.5, 0.6) is 5.75 Å². The number of carboxylic acids is 5. The van der Waals surface area contributed by atoms with Gasteiger partial charge in [-0.3, -0.25) is 83.2 Å². The number of H-pyrrole nitrogens is 1. The lowest BCUT2D eigenvalue weighted by atomic mass is 9.47. The first kappa shape index (κ1) is 102. The van der Waals surface area contributed by atoms with Crippen molar-refractivity contribution in [2.24, 2.45) is 34.8 Å². The van der Waals surface area contributed by atoms with E-state index < -0.39 is 228 Å². The van der Waals surface area contributed by atoms with Crippen LogP contribution in [0.3, 0.4) is 0 Å². The summed E-state index contributed by atoms with van der Waals surface area (Å²) in [5.41, 5.74) is 13.7. The Labute approximate surface area is 782 Å². The molecule has 43 nitrogen and oxygen atoms in total. The number of carboxylic acid groups (broad SMARTS) is 5. The fourth-order valence-electron chi connectivity index (χ4n) is 21.1. The molecule has 2 aliphatic carbocycles. The van der Waals surface area contributed by atoms with Gasteiger partial charge in [0, 0.05) is 110 Å². The molecule has 12 rings (SSSR count). The highest BCUT2D eigenvalue weighted by molar-refractivity contribution is 8.76. The number of carbonyl (C=O) groups is 13. The van der Waals surface area contributed by atoms with E-state index >= 15 is 9.59 Å². The molecule has 3 aromatic carbocycles. The minimum Gasteiger partial charge on any atom is -0.496 e. The molecule has 5 aromatic rings. The molecule has 2 aromatic heterocycles. The summed E-state index contributed by atoms with van der Waals surface area (Å²) in [5.74, 6) is -21.3. The van der Waals surface area contributed by atoms with E-state index in [1.807, 2.05) is 50.3 Å². The number of aromatic nitrogens is 4. The van der Waals surface area contributed by atoms with Gasteiger partial charge in [-0.1, -0.05) is 71.9 Å². The number of guanidine groups is 1. The molecule has 135 heavy (non-hydrogen) atoms. The van der Waals surface area contributed by atoms with Gasteiger partial charge in [0.05, 0.1) is 99.5 Å². The molecule has 2 bridgehead atoms. The van der Waals surface area contributed by atoms with Gasteiger partial charge in [0.1, 0.15) is 29.9 Å². The second kappa shape index (κ2) is 43.1. The number of Topliss-reactive ketones (excluding diaryl/α,β-unsaturated/α-hetero) is 2. The van der Waals surface area contributed by atoms with Crippen molar-refractivity contribution in [2.75, 3.05) is 94.6 Å². The van der Waals surface area contributed by atoms with Crippen molar-refractivity contribution >= 4 is 139 Å². The minimum absolute atomic E-state index is 0.0135. The summed E-state index contributed by atoms with van der Waals surface area (Å²) in [4.78, 5) is 210. The van der Waals surface area contributed by atoms with E-state index in [2.05, 4.69) is 79.3 Å². The first-order valence-electron chi connectivity index (χ1n) is 44.5. The second-order valence-electron chi connectivity index (χ2n) is 35.6. The van der Waals surface area contributed by atoms with Gasteiger partial charge in [-0.25, -0.2) is 25.0 Å². The summed E-state index contributed by atoms with van der Waals surface area (Å²) in [6.07, 6.45) is -3.99. The van der Waals surface area contributed by atoms with Crippen molar-refractivity contribution < 1.29 is 122 Å². The summed E-state index contributed by atoms with van der Waals surface area (Å²) in [6, 6.07) is 10.5. The van der Waals surface area contributed by atoms with Gasteiger partial charge >= 0.3 is 41.9 Å². The number of aliphatic hydroxyl groups is 4. The maximum atomic E-state index is 15.7. The van der Waals surface area contributed by atoms with E-state index in [1.165, 1.54) is 44.7 Å². The van der Waals surface area contributed by atoms with Crippen LogP contribution < -0.4 is 64.1 Å². The Morgan fingerprint density at radius 1 is 0.763 bits per heavy atom. The Hall–Kier alpha value is -12.4. The zero-order valence-electron chi connectivity index (χ0n) is 75.1. The average Bonchev–Trinajstić information content (AvgIpc) is 1.48. The Kier molecular flexibility index (Phi) is 32.4. The number of carbonyl (C=O) groups excluding carboxylic acids is 8. The number of likely N-dealkylation sites (N-methyl/N-ethyl adjacent to an activating group) is 1. The number of rotatable bonds is 44. The summed E-state index contributed by atoms with van der Waals surface area (Å²) in [6.45, 7) is 6.07. The number of hydrogen-bond donors (Lipinski definition) is 20. The van der Waals surface area contributed by atoms with E-state index in [1.54, 1.807) is 11.9 Å². The number of hydrogen-bond acceptors (Lipinski definition) is 32. The lowest BCUT2D eigenvalue weighted by molar-refractivity contribution is -0.204. The maximum absolute atomic E-state index is 15.7. The topological polar surface area (TPSA) is 673 Å². The number of benzene rings is 3. The van der Waals surface area contributed by atoms with Crippen molar-refractivity contribution in [1.29, 1.82) is 5.41 Å². The number of aromatic amines is 1. The third kappa shape index (κ3) is 21.9. The van der Waals surface area contributed by atoms with Crippen LogP contribution in [0.2, 0.25) is 0 Å². The first-order chi connectivity index (χ1) is 64.2. The number of methoxy groups -OCH3 is 2. The number of nitrogens with one attached hydrogen (secondary N) is 9. The van der Waals surface area contributed by atoms with Gasteiger partial charge in [0.25, 0.3) is 17.4 Å². The SMILES string of the molecule is CC[C@]1(O)C[C@H]2CN(CCC3=C(Cc4ccccc43)[C@@](C(=O)OC)(c3cc4c(cc3OC)N(C)[C@H]3[C@@](O)(C(=O)NNC(=O)OCCSSC[C@H](CC(=O)[C@H](CC(=O)O)NC(=O)[C@H](CC(=O)O)CC(=O)[C@H](CCCNC(=N)N)NC(=O)[C@@H](CC(=O)O)C[C@@H](O)CC[C@@H](NC(=O)c5ccc(NCc6cnc7nc(N)[nH]c(=O)c7n6)cc5)C(=O)O)C(=O)O)[C@H](O)[C@]5(CC)C=CCN6CC[C@]43[C@@H]65)C2)C1. The molecule has 0 radical (unpaired) electrons. The molecule has 728 valence electrons. The molecule has 22 N–H and O–H groups in total. The molecule has 7 aliphatic rings. The van der Waals surface area contributed by atoms with Gasteiger partial charge in [0.2, 0.25) is 17.8 Å². The number of esters is 1. The van der Waals surface area contributed by atoms with Gasteiger partial charge < -0.3 is 103 Å². The highest BCUT2D eigenvalue weighted by Crippen LogP contribution is 2.68. The Morgan fingerprint density at radius 2 is 1.46 bits per heavy atom. The molecule has 1 saturated carbocycles. The normalized spacial score (nSPS) is 24.4. The van der Waals surface area contributed by atoms with Gasteiger partial charge in [0.15, 0.2) is 34.3 Å². The number of anilines is 3. The highest BCUT2D eigenvalue weighted by atomic mass is 33.1. The van der Waals surface area contributed by atoms with E-state index in [9.17, 15) is 103 Å². The fraction of sp³-hybridized carbons (Fsp3) is 0.533. The number of piperidine rings is 1. The van der Waals surface area contributed by atoms with E-state index in [-0.39, 0.29) is 85.5 Å². The number of nitrogens with zero attached hydrogens (tertiary/aromatic N) is 6. The zero-order valence-corrected chi connectivity index (χ0v) is 76.7. The van der Waals surface area contributed by atoms with Crippen molar-refractivity contribution in [3.8, 4) is 5.75 Å².